The number of ether oxygens (including phenoxy) is 2. The summed E-state index contributed by atoms with van der Waals surface area (Å²) in [6.45, 7) is 5.02. The molecule has 0 saturated carbocycles. The number of aryl methyl sites for hydroxylation is 1. The van der Waals surface area contributed by atoms with Gasteiger partial charge in [-0.2, -0.15) is 0 Å². The van der Waals surface area contributed by atoms with Crippen molar-refractivity contribution in [1.29, 1.82) is 0 Å². The summed E-state index contributed by atoms with van der Waals surface area (Å²) in [4.78, 5) is 21.3. The van der Waals surface area contributed by atoms with Crippen molar-refractivity contribution >= 4 is 32.6 Å². The molecule has 6 nitrogen and oxygen atoms in total. The van der Waals surface area contributed by atoms with Crippen molar-refractivity contribution < 1.29 is 14.3 Å². The number of fused-ring (bicyclic) bond motifs is 1. The van der Waals surface area contributed by atoms with E-state index in [4.69, 9.17) is 14.5 Å². The molecule has 146 valence electrons. The van der Waals surface area contributed by atoms with Gasteiger partial charge in [0.15, 0.2) is 11.7 Å². The van der Waals surface area contributed by atoms with Gasteiger partial charge in [-0.1, -0.05) is 35.6 Å². The van der Waals surface area contributed by atoms with E-state index in [0.717, 1.165) is 34.2 Å². The van der Waals surface area contributed by atoms with Crippen LogP contribution in [0, 0.1) is 6.92 Å². The predicted molar refractivity (Wildman–Crippen MR) is 112 cm³/mol. The molecule has 0 radical (unpaired) electrons. The normalized spacial score (nSPS) is 14.4. The average Bonchev–Trinajstić information content (AvgIpc) is 3.20. The molecule has 0 atom stereocenters. The SMILES string of the molecule is COc1ccc(C)c2sc(N3CCN(C(=O)COc4ccccc4)CC3)nc12. The molecule has 1 amide bonds. The summed E-state index contributed by atoms with van der Waals surface area (Å²) in [5, 5.41) is 0.982. The summed E-state index contributed by atoms with van der Waals surface area (Å²) in [5.74, 6) is 1.54. The molecular weight excluding hydrogens is 374 g/mol. The van der Waals surface area contributed by atoms with Gasteiger partial charge in [-0.15, -0.1) is 0 Å². The second kappa shape index (κ2) is 8.06. The Kier molecular flexibility index (Phi) is 5.34. The Morgan fingerprint density at radius 2 is 1.86 bits per heavy atom. The molecule has 1 saturated heterocycles. The second-order valence-electron chi connectivity index (χ2n) is 6.73. The lowest BCUT2D eigenvalue weighted by atomic mass is 10.2. The first-order valence-corrected chi connectivity index (χ1v) is 10.1. The number of nitrogens with zero attached hydrogens (tertiary/aromatic N) is 3. The van der Waals surface area contributed by atoms with Gasteiger partial charge in [-0.25, -0.2) is 4.98 Å². The molecule has 0 bridgehead atoms. The summed E-state index contributed by atoms with van der Waals surface area (Å²) in [6.07, 6.45) is 0. The minimum Gasteiger partial charge on any atom is -0.494 e. The number of para-hydroxylation sites is 1. The average molecular weight is 398 g/mol. The lowest BCUT2D eigenvalue weighted by Crippen LogP contribution is -2.50. The number of piperazine rings is 1. The molecular formula is C21H23N3O3S. The van der Waals surface area contributed by atoms with Crippen LogP contribution in [0.5, 0.6) is 11.5 Å². The standard InChI is InChI=1S/C21H23N3O3S/c1-15-8-9-17(26-2)19-20(15)28-21(22-19)24-12-10-23(11-13-24)18(25)14-27-16-6-4-3-5-7-16/h3-9H,10-14H2,1-2H3. The highest BCUT2D eigenvalue weighted by Gasteiger charge is 2.24. The Morgan fingerprint density at radius 1 is 1.11 bits per heavy atom. The highest BCUT2D eigenvalue weighted by atomic mass is 32.1. The molecule has 0 unspecified atom stereocenters. The van der Waals surface area contributed by atoms with Crippen LogP contribution in [0.4, 0.5) is 5.13 Å². The summed E-state index contributed by atoms with van der Waals surface area (Å²) in [7, 11) is 1.67. The molecule has 1 aliphatic rings. The summed E-state index contributed by atoms with van der Waals surface area (Å²) < 4.78 is 12.2. The van der Waals surface area contributed by atoms with Gasteiger partial charge in [-0.05, 0) is 30.7 Å². The van der Waals surface area contributed by atoms with Crippen molar-refractivity contribution in [2.45, 2.75) is 6.92 Å². The number of carbonyl (C=O) groups is 1. The number of amides is 1. The summed E-state index contributed by atoms with van der Waals surface area (Å²) in [5.41, 5.74) is 2.11. The highest BCUT2D eigenvalue weighted by molar-refractivity contribution is 7.22. The third-order valence-corrected chi connectivity index (χ3v) is 6.17. The van der Waals surface area contributed by atoms with Gasteiger partial charge in [0.25, 0.3) is 5.91 Å². The van der Waals surface area contributed by atoms with Crippen molar-refractivity contribution in [2.24, 2.45) is 0 Å². The maximum atomic E-state index is 12.4. The van der Waals surface area contributed by atoms with E-state index in [9.17, 15) is 4.79 Å². The molecule has 2 heterocycles. The zero-order valence-corrected chi connectivity index (χ0v) is 16.9. The molecule has 3 aromatic rings. The fraction of sp³-hybridized carbons (Fsp3) is 0.333. The Balaban J connectivity index is 1.38. The molecule has 2 aromatic carbocycles. The van der Waals surface area contributed by atoms with Crippen LogP contribution in [-0.4, -0.2) is 55.7 Å². The van der Waals surface area contributed by atoms with Gasteiger partial charge in [0.1, 0.15) is 17.0 Å². The van der Waals surface area contributed by atoms with Gasteiger partial charge < -0.3 is 19.3 Å². The summed E-state index contributed by atoms with van der Waals surface area (Å²) >= 11 is 1.68. The van der Waals surface area contributed by atoms with E-state index < -0.39 is 0 Å². The number of hydrogen-bond donors (Lipinski definition) is 0. The van der Waals surface area contributed by atoms with Crippen molar-refractivity contribution in [3.05, 3.63) is 48.0 Å². The molecule has 4 rings (SSSR count). The lowest BCUT2D eigenvalue weighted by Gasteiger charge is -2.34. The van der Waals surface area contributed by atoms with Gasteiger partial charge >= 0.3 is 0 Å². The first-order chi connectivity index (χ1) is 13.7. The van der Waals surface area contributed by atoms with Crippen LogP contribution in [0.25, 0.3) is 10.2 Å². The van der Waals surface area contributed by atoms with E-state index in [1.807, 2.05) is 41.3 Å². The Hall–Kier alpha value is -2.80. The van der Waals surface area contributed by atoms with Crippen LogP contribution in [0.1, 0.15) is 5.56 Å². The highest BCUT2D eigenvalue weighted by Crippen LogP contribution is 2.36. The van der Waals surface area contributed by atoms with Crippen LogP contribution < -0.4 is 14.4 Å². The second-order valence-corrected chi connectivity index (χ2v) is 7.71. The van der Waals surface area contributed by atoms with Crippen LogP contribution in [-0.2, 0) is 4.79 Å². The van der Waals surface area contributed by atoms with Gasteiger partial charge in [-0.3, -0.25) is 4.79 Å². The Bertz CT molecular complexity index is 966. The van der Waals surface area contributed by atoms with Crippen LogP contribution >= 0.6 is 11.3 Å². The minimum atomic E-state index is 0.0188. The number of benzene rings is 2. The van der Waals surface area contributed by atoms with Crippen LogP contribution in [0.2, 0.25) is 0 Å². The van der Waals surface area contributed by atoms with Crippen molar-refractivity contribution in [1.82, 2.24) is 9.88 Å². The third-order valence-electron chi connectivity index (χ3n) is 4.92. The number of aromatic nitrogens is 1. The first-order valence-electron chi connectivity index (χ1n) is 9.30. The van der Waals surface area contributed by atoms with E-state index >= 15 is 0 Å². The molecule has 1 fully saturated rings. The van der Waals surface area contributed by atoms with Crippen LogP contribution in [0.3, 0.4) is 0 Å². The van der Waals surface area contributed by atoms with E-state index in [-0.39, 0.29) is 12.5 Å². The minimum absolute atomic E-state index is 0.0188. The molecule has 1 aliphatic heterocycles. The number of hydrogen-bond acceptors (Lipinski definition) is 6. The molecule has 1 aromatic heterocycles. The molecule has 0 aliphatic carbocycles. The zero-order valence-electron chi connectivity index (χ0n) is 16.1. The summed E-state index contributed by atoms with van der Waals surface area (Å²) in [6, 6.07) is 13.5. The molecule has 0 N–H and O–H groups in total. The number of rotatable bonds is 5. The predicted octanol–water partition coefficient (Wildman–Crippen LogP) is 3.34. The topological polar surface area (TPSA) is 54.9 Å². The molecule has 0 spiro atoms. The maximum absolute atomic E-state index is 12.4. The van der Waals surface area contributed by atoms with Crippen molar-refractivity contribution in [3.63, 3.8) is 0 Å². The number of thiazole rings is 1. The monoisotopic (exact) mass is 397 g/mol. The molecule has 7 heteroatoms. The zero-order chi connectivity index (χ0) is 19.5. The van der Waals surface area contributed by atoms with Crippen LogP contribution in [0.15, 0.2) is 42.5 Å². The largest absolute Gasteiger partial charge is 0.494 e. The molecule has 28 heavy (non-hydrogen) atoms. The quantitative estimate of drug-likeness (QED) is 0.661. The van der Waals surface area contributed by atoms with E-state index in [1.165, 1.54) is 5.56 Å². The fourth-order valence-corrected chi connectivity index (χ4v) is 4.40. The smallest absolute Gasteiger partial charge is 0.260 e. The van der Waals surface area contributed by atoms with Gasteiger partial charge in [0, 0.05) is 26.2 Å². The number of anilines is 1. The number of carbonyl (C=O) groups excluding carboxylic acids is 1. The van der Waals surface area contributed by atoms with E-state index in [2.05, 4.69) is 17.9 Å². The van der Waals surface area contributed by atoms with Crippen molar-refractivity contribution in [2.75, 3.05) is 44.8 Å². The Morgan fingerprint density at radius 3 is 2.57 bits per heavy atom. The van der Waals surface area contributed by atoms with Gasteiger partial charge in [0.2, 0.25) is 0 Å². The maximum Gasteiger partial charge on any atom is 0.260 e. The fourth-order valence-electron chi connectivity index (χ4n) is 3.30. The Labute approximate surface area is 168 Å². The van der Waals surface area contributed by atoms with Gasteiger partial charge in [0.05, 0.1) is 11.8 Å². The first kappa shape index (κ1) is 18.6. The van der Waals surface area contributed by atoms with Crippen molar-refractivity contribution in [3.8, 4) is 11.5 Å². The lowest BCUT2D eigenvalue weighted by molar-refractivity contribution is -0.133. The number of methoxy groups -OCH3 is 1. The van der Waals surface area contributed by atoms with E-state index in [1.54, 1.807) is 18.4 Å². The van der Waals surface area contributed by atoms with E-state index in [0.29, 0.717) is 18.8 Å². The third kappa shape index (κ3) is 3.75.